The second-order valence-corrected chi connectivity index (χ2v) is 4.97. The lowest BCUT2D eigenvalue weighted by molar-refractivity contribution is -0.327. The summed E-state index contributed by atoms with van der Waals surface area (Å²) in [6.45, 7) is 4.01. The fourth-order valence-electron chi connectivity index (χ4n) is 2.22. The van der Waals surface area contributed by atoms with Gasteiger partial charge in [0.25, 0.3) is 0 Å². The van der Waals surface area contributed by atoms with Gasteiger partial charge in [0.05, 0.1) is 0 Å². The highest BCUT2D eigenvalue weighted by atomic mass is 16.4. The van der Waals surface area contributed by atoms with E-state index < -0.39 is 23.8 Å². The first-order valence-corrected chi connectivity index (χ1v) is 6.14. The van der Waals surface area contributed by atoms with Crippen LogP contribution in [0.15, 0.2) is 23.3 Å². The SMILES string of the molecule is CC(C)=CCCC1=CC[C@H](C(=O)[O-])[C@H](C(=O)[O-])C1. The summed E-state index contributed by atoms with van der Waals surface area (Å²) in [6, 6.07) is 0. The maximum atomic E-state index is 11.0. The molecule has 0 aromatic heterocycles. The van der Waals surface area contributed by atoms with E-state index >= 15 is 0 Å². The molecule has 0 bridgehead atoms. The summed E-state index contributed by atoms with van der Waals surface area (Å²) in [6.07, 6.45) is 6.03. The molecule has 0 fully saturated rings. The molecular weight excluding hydrogens is 232 g/mol. The second kappa shape index (κ2) is 6.38. The quantitative estimate of drug-likeness (QED) is 0.652. The van der Waals surface area contributed by atoms with E-state index in [0.29, 0.717) is 0 Å². The van der Waals surface area contributed by atoms with Crippen molar-refractivity contribution < 1.29 is 19.8 Å². The molecule has 0 radical (unpaired) electrons. The van der Waals surface area contributed by atoms with Crippen LogP contribution in [0.25, 0.3) is 0 Å². The van der Waals surface area contributed by atoms with Gasteiger partial charge in [0.1, 0.15) is 0 Å². The Balaban J connectivity index is 2.66. The predicted octanol–water partition coefficient (Wildman–Crippen LogP) is 0.185. The minimum atomic E-state index is -1.30. The Hall–Kier alpha value is -1.58. The summed E-state index contributed by atoms with van der Waals surface area (Å²) < 4.78 is 0. The first kappa shape index (κ1) is 14.5. The molecule has 100 valence electrons. The summed E-state index contributed by atoms with van der Waals surface area (Å²) in [5.41, 5.74) is 2.22. The molecule has 4 heteroatoms. The molecule has 0 saturated heterocycles. The van der Waals surface area contributed by atoms with Crippen LogP contribution in [0, 0.1) is 11.8 Å². The summed E-state index contributed by atoms with van der Waals surface area (Å²) in [7, 11) is 0. The topological polar surface area (TPSA) is 80.3 Å². The van der Waals surface area contributed by atoms with E-state index in [9.17, 15) is 19.8 Å². The van der Waals surface area contributed by atoms with Gasteiger partial charge in [-0.05, 0) is 39.5 Å². The maximum absolute atomic E-state index is 11.0. The number of carboxylic acids is 2. The van der Waals surface area contributed by atoms with Crippen LogP contribution in [-0.2, 0) is 9.59 Å². The molecule has 0 N–H and O–H groups in total. The second-order valence-electron chi connectivity index (χ2n) is 4.97. The predicted molar refractivity (Wildman–Crippen MR) is 63.0 cm³/mol. The van der Waals surface area contributed by atoms with E-state index in [2.05, 4.69) is 6.08 Å². The van der Waals surface area contributed by atoms with E-state index in [1.54, 1.807) is 0 Å². The number of carboxylic acid groups (broad SMARTS) is 2. The number of carbonyl (C=O) groups is 2. The van der Waals surface area contributed by atoms with Crippen LogP contribution in [0.2, 0.25) is 0 Å². The monoisotopic (exact) mass is 250 g/mol. The van der Waals surface area contributed by atoms with Crippen LogP contribution in [-0.4, -0.2) is 11.9 Å². The molecule has 0 aliphatic heterocycles. The summed E-state index contributed by atoms with van der Waals surface area (Å²) in [5, 5.41) is 21.8. The smallest absolute Gasteiger partial charge is 0.0455 e. The van der Waals surface area contributed by atoms with Gasteiger partial charge in [0.2, 0.25) is 0 Å². The van der Waals surface area contributed by atoms with Crippen molar-refractivity contribution in [1.29, 1.82) is 0 Å². The molecule has 0 saturated carbocycles. The molecule has 1 aliphatic rings. The van der Waals surface area contributed by atoms with Crippen LogP contribution in [0.3, 0.4) is 0 Å². The van der Waals surface area contributed by atoms with Gasteiger partial charge in [-0.2, -0.15) is 0 Å². The molecule has 0 spiro atoms. The highest BCUT2D eigenvalue weighted by molar-refractivity contribution is 5.78. The maximum Gasteiger partial charge on any atom is 0.0455 e. The summed E-state index contributed by atoms with van der Waals surface area (Å²) >= 11 is 0. The van der Waals surface area contributed by atoms with E-state index in [1.165, 1.54) is 5.57 Å². The van der Waals surface area contributed by atoms with Crippen LogP contribution in [0.5, 0.6) is 0 Å². The van der Waals surface area contributed by atoms with Crippen LogP contribution < -0.4 is 10.2 Å². The average molecular weight is 250 g/mol. The molecule has 1 rings (SSSR count). The number of aliphatic carboxylic acids is 2. The first-order valence-electron chi connectivity index (χ1n) is 6.14. The molecule has 1 aliphatic carbocycles. The fourth-order valence-corrected chi connectivity index (χ4v) is 2.22. The minimum Gasteiger partial charge on any atom is -0.550 e. The molecule has 0 aromatic rings. The van der Waals surface area contributed by atoms with Gasteiger partial charge in [-0.25, -0.2) is 0 Å². The van der Waals surface area contributed by atoms with Crippen LogP contribution in [0.4, 0.5) is 0 Å². The van der Waals surface area contributed by atoms with Crippen molar-refractivity contribution in [2.45, 2.75) is 39.5 Å². The fraction of sp³-hybridized carbons (Fsp3) is 0.571. The summed E-state index contributed by atoms with van der Waals surface area (Å²) in [4.78, 5) is 21.8. The third kappa shape index (κ3) is 4.02. The highest BCUT2D eigenvalue weighted by Gasteiger charge is 2.27. The Kier molecular flexibility index (Phi) is 5.13. The van der Waals surface area contributed by atoms with Crippen LogP contribution in [0.1, 0.15) is 39.5 Å². The molecule has 0 unspecified atom stereocenters. The molecular formula is C14H18O4-2. The van der Waals surface area contributed by atoms with Crippen molar-refractivity contribution in [1.82, 2.24) is 0 Å². The lowest BCUT2D eigenvalue weighted by Crippen LogP contribution is -2.45. The third-order valence-corrected chi connectivity index (χ3v) is 3.25. The Morgan fingerprint density at radius 3 is 2.39 bits per heavy atom. The Morgan fingerprint density at radius 2 is 1.89 bits per heavy atom. The van der Waals surface area contributed by atoms with Gasteiger partial charge < -0.3 is 19.8 Å². The molecule has 0 amide bonds. The largest absolute Gasteiger partial charge is 0.550 e. The zero-order chi connectivity index (χ0) is 13.7. The van der Waals surface area contributed by atoms with E-state index in [-0.39, 0.29) is 12.8 Å². The standard InChI is InChI=1S/C14H20O4/c1-9(2)4-3-5-10-6-7-11(13(15)16)12(8-10)14(17)18/h4,6,11-12H,3,5,7-8H2,1-2H3,(H,15,16)(H,17,18)/p-2/t11-,12+/m0/s1. The minimum absolute atomic E-state index is 0.227. The van der Waals surface area contributed by atoms with Crippen molar-refractivity contribution in [3.05, 3.63) is 23.3 Å². The average Bonchev–Trinajstić information content (AvgIpc) is 2.28. The van der Waals surface area contributed by atoms with Crippen molar-refractivity contribution in [3.8, 4) is 0 Å². The Bertz CT molecular complexity index is 389. The molecule has 0 aromatic carbocycles. The number of hydrogen-bond acceptors (Lipinski definition) is 4. The van der Waals surface area contributed by atoms with Crippen LogP contribution >= 0.6 is 0 Å². The summed E-state index contributed by atoms with van der Waals surface area (Å²) in [5.74, 6) is -4.51. The Morgan fingerprint density at radius 1 is 1.28 bits per heavy atom. The van der Waals surface area contributed by atoms with Crippen molar-refractivity contribution in [2.75, 3.05) is 0 Å². The zero-order valence-corrected chi connectivity index (χ0v) is 10.8. The number of rotatable bonds is 5. The van der Waals surface area contributed by atoms with Gasteiger partial charge in [-0.15, -0.1) is 0 Å². The van der Waals surface area contributed by atoms with E-state index in [0.717, 1.165) is 18.4 Å². The lowest BCUT2D eigenvalue weighted by Gasteiger charge is -2.32. The number of allylic oxidation sites excluding steroid dienone is 4. The molecule has 18 heavy (non-hydrogen) atoms. The van der Waals surface area contributed by atoms with Gasteiger partial charge in [-0.3, -0.25) is 0 Å². The first-order chi connectivity index (χ1) is 8.41. The van der Waals surface area contributed by atoms with Crippen molar-refractivity contribution >= 4 is 11.9 Å². The lowest BCUT2D eigenvalue weighted by atomic mass is 9.78. The van der Waals surface area contributed by atoms with E-state index in [4.69, 9.17) is 0 Å². The van der Waals surface area contributed by atoms with Crippen molar-refractivity contribution in [2.24, 2.45) is 11.8 Å². The third-order valence-electron chi connectivity index (χ3n) is 3.25. The zero-order valence-electron chi connectivity index (χ0n) is 10.8. The number of carbonyl (C=O) groups excluding carboxylic acids is 2. The molecule has 4 nitrogen and oxygen atoms in total. The van der Waals surface area contributed by atoms with Crippen molar-refractivity contribution in [3.63, 3.8) is 0 Å². The highest BCUT2D eigenvalue weighted by Crippen LogP contribution is 2.31. The van der Waals surface area contributed by atoms with Gasteiger partial charge in [0.15, 0.2) is 0 Å². The van der Waals surface area contributed by atoms with E-state index in [1.807, 2.05) is 19.9 Å². The van der Waals surface area contributed by atoms with Gasteiger partial charge in [0, 0.05) is 23.8 Å². The van der Waals surface area contributed by atoms with Gasteiger partial charge in [-0.1, -0.05) is 23.3 Å². The molecule has 0 heterocycles. The normalized spacial score (nSPS) is 23.1. The Labute approximate surface area is 107 Å². The van der Waals surface area contributed by atoms with Gasteiger partial charge >= 0.3 is 0 Å². The molecule has 2 atom stereocenters. The number of hydrogen-bond donors (Lipinski definition) is 0.